The molecule has 3 aromatic carbocycles. The second kappa shape index (κ2) is 13.2. The van der Waals surface area contributed by atoms with Crippen LogP contribution in [0.2, 0.25) is 0 Å². The van der Waals surface area contributed by atoms with E-state index in [1.165, 1.54) is 12.1 Å². The SMILES string of the molecule is CCCC[C@H](NC(=O)[C@@H](COS(=O)(=O)c1ccc(C)cc1)Cc1cccc2ccccc12)C(=O)OC(C)(C)C. The summed E-state index contributed by atoms with van der Waals surface area (Å²) in [5.41, 5.74) is 1.09. The fourth-order valence-electron chi connectivity index (χ4n) is 4.23. The molecule has 7 nitrogen and oxygen atoms in total. The lowest BCUT2D eigenvalue weighted by Gasteiger charge is -2.26. The Balaban J connectivity index is 1.88. The number of unbranched alkanes of at least 4 members (excludes halogenated alkanes) is 1. The van der Waals surface area contributed by atoms with E-state index in [-0.39, 0.29) is 17.9 Å². The van der Waals surface area contributed by atoms with E-state index in [1.807, 2.05) is 56.3 Å². The number of rotatable bonds is 12. The zero-order valence-corrected chi connectivity index (χ0v) is 24.2. The summed E-state index contributed by atoms with van der Waals surface area (Å²) in [7, 11) is -4.10. The van der Waals surface area contributed by atoms with Gasteiger partial charge in [0, 0.05) is 0 Å². The molecular formula is C31H39NO6S. The molecule has 0 saturated heterocycles. The highest BCUT2D eigenvalue weighted by molar-refractivity contribution is 7.86. The largest absolute Gasteiger partial charge is 0.458 e. The van der Waals surface area contributed by atoms with Gasteiger partial charge in [0.25, 0.3) is 10.1 Å². The molecule has 0 aromatic heterocycles. The Morgan fingerprint density at radius 2 is 1.62 bits per heavy atom. The van der Waals surface area contributed by atoms with Gasteiger partial charge in [-0.2, -0.15) is 8.42 Å². The number of carbonyl (C=O) groups excluding carboxylic acids is 2. The van der Waals surface area contributed by atoms with Crippen LogP contribution in [-0.4, -0.2) is 38.5 Å². The third kappa shape index (κ3) is 8.90. The number of aryl methyl sites for hydroxylation is 1. The Kier molecular flexibility index (Phi) is 10.3. The summed E-state index contributed by atoms with van der Waals surface area (Å²) < 4.78 is 36.8. The topological polar surface area (TPSA) is 98.8 Å². The molecule has 0 aliphatic heterocycles. The minimum atomic E-state index is -4.10. The highest BCUT2D eigenvalue weighted by atomic mass is 32.2. The first-order chi connectivity index (χ1) is 18.4. The molecule has 0 unspecified atom stereocenters. The van der Waals surface area contributed by atoms with E-state index in [4.69, 9.17) is 8.92 Å². The lowest BCUT2D eigenvalue weighted by molar-refractivity contribution is -0.159. The Morgan fingerprint density at radius 3 is 2.28 bits per heavy atom. The zero-order valence-electron chi connectivity index (χ0n) is 23.4. The van der Waals surface area contributed by atoms with Crippen molar-refractivity contribution in [1.29, 1.82) is 0 Å². The summed E-state index contributed by atoms with van der Waals surface area (Å²) in [6, 6.07) is 19.1. The molecule has 0 aliphatic carbocycles. The quantitative estimate of drug-likeness (QED) is 0.227. The number of ether oxygens (including phenoxy) is 1. The van der Waals surface area contributed by atoms with E-state index < -0.39 is 39.6 Å². The van der Waals surface area contributed by atoms with Gasteiger partial charge in [-0.3, -0.25) is 8.98 Å². The van der Waals surface area contributed by atoms with Crippen LogP contribution in [0.5, 0.6) is 0 Å². The molecule has 1 amide bonds. The van der Waals surface area contributed by atoms with Gasteiger partial charge in [-0.15, -0.1) is 0 Å². The van der Waals surface area contributed by atoms with E-state index in [9.17, 15) is 18.0 Å². The molecule has 8 heteroatoms. The summed E-state index contributed by atoms with van der Waals surface area (Å²) >= 11 is 0. The van der Waals surface area contributed by atoms with Crippen LogP contribution in [0.25, 0.3) is 10.8 Å². The number of fused-ring (bicyclic) bond motifs is 1. The summed E-state index contributed by atoms with van der Waals surface area (Å²) in [5, 5.41) is 4.82. The molecule has 39 heavy (non-hydrogen) atoms. The van der Waals surface area contributed by atoms with Crippen LogP contribution in [0.3, 0.4) is 0 Å². The van der Waals surface area contributed by atoms with Crippen molar-refractivity contribution in [1.82, 2.24) is 5.32 Å². The van der Waals surface area contributed by atoms with Crippen LogP contribution in [-0.2, 0) is 35.0 Å². The van der Waals surface area contributed by atoms with Crippen molar-refractivity contribution >= 4 is 32.8 Å². The monoisotopic (exact) mass is 553 g/mol. The van der Waals surface area contributed by atoms with Crippen molar-refractivity contribution in [3.8, 4) is 0 Å². The molecule has 1 N–H and O–H groups in total. The highest BCUT2D eigenvalue weighted by Gasteiger charge is 2.30. The van der Waals surface area contributed by atoms with Crippen LogP contribution in [0.4, 0.5) is 0 Å². The molecule has 2 atom stereocenters. The number of hydrogen-bond acceptors (Lipinski definition) is 6. The first-order valence-corrected chi connectivity index (χ1v) is 14.8. The van der Waals surface area contributed by atoms with Gasteiger partial charge in [-0.1, -0.05) is 79.9 Å². The maximum atomic E-state index is 13.6. The second-order valence-electron chi connectivity index (χ2n) is 10.8. The summed E-state index contributed by atoms with van der Waals surface area (Å²) in [6.45, 7) is 8.81. The van der Waals surface area contributed by atoms with E-state index in [2.05, 4.69) is 5.32 Å². The average molecular weight is 554 g/mol. The van der Waals surface area contributed by atoms with Crippen LogP contribution < -0.4 is 5.32 Å². The van der Waals surface area contributed by atoms with Crippen LogP contribution in [0.15, 0.2) is 71.6 Å². The smallest absolute Gasteiger partial charge is 0.329 e. The molecule has 3 aromatic rings. The molecule has 0 bridgehead atoms. The molecule has 0 radical (unpaired) electrons. The Hall–Kier alpha value is -3.23. The molecule has 0 aliphatic rings. The lowest BCUT2D eigenvalue weighted by Crippen LogP contribution is -2.47. The predicted octanol–water partition coefficient (Wildman–Crippen LogP) is 5.73. The van der Waals surface area contributed by atoms with E-state index in [0.29, 0.717) is 6.42 Å². The Labute approximate surface area is 232 Å². The van der Waals surface area contributed by atoms with Gasteiger partial charge in [0.05, 0.1) is 17.4 Å². The molecule has 0 saturated carbocycles. The van der Waals surface area contributed by atoms with Gasteiger partial charge in [-0.05, 0) is 69.0 Å². The summed E-state index contributed by atoms with van der Waals surface area (Å²) in [4.78, 5) is 26.6. The van der Waals surface area contributed by atoms with Crippen LogP contribution in [0.1, 0.15) is 58.1 Å². The maximum Gasteiger partial charge on any atom is 0.329 e. The van der Waals surface area contributed by atoms with Gasteiger partial charge >= 0.3 is 5.97 Å². The van der Waals surface area contributed by atoms with Gasteiger partial charge in [-0.25, -0.2) is 4.79 Å². The van der Waals surface area contributed by atoms with Crippen LogP contribution in [0, 0.1) is 12.8 Å². The van der Waals surface area contributed by atoms with Crippen molar-refractivity contribution in [3.63, 3.8) is 0 Å². The minimum Gasteiger partial charge on any atom is -0.458 e. The van der Waals surface area contributed by atoms with Crippen molar-refractivity contribution in [2.24, 2.45) is 5.92 Å². The third-order valence-electron chi connectivity index (χ3n) is 6.31. The predicted molar refractivity (Wildman–Crippen MR) is 153 cm³/mol. The number of benzene rings is 3. The first kappa shape index (κ1) is 30.3. The standard InChI is InChI=1S/C31H39NO6S/c1-6-7-15-28(30(34)38-31(3,4)5)32-29(33)25(20-24-13-10-12-23-11-8-9-14-27(23)24)21-37-39(35,36)26-18-16-22(2)17-19-26/h8-14,16-19,25,28H,6-7,15,20-21H2,1-5H3,(H,32,33)/t25-,28+/m1/s1. The fraction of sp³-hybridized carbons (Fsp3) is 0.419. The van der Waals surface area contributed by atoms with Crippen molar-refractivity contribution in [2.75, 3.05) is 6.61 Å². The normalized spacial score (nSPS) is 13.6. The molecule has 210 valence electrons. The van der Waals surface area contributed by atoms with E-state index in [1.54, 1.807) is 32.9 Å². The lowest BCUT2D eigenvalue weighted by atomic mass is 9.94. The first-order valence-electron chi connectivity index (χ1n) is 13.4. The third-order valence-corrected chi connectivity index (χ3v) is 7.60. The molecule has 0 fully saturated rings. The zero-order chi connectivity index (χ0) is 28.6. The van der Waals surface area contributed by atoms with Gasteiger partial charge in [0.15, 0.2) is 0 Å². The fourth-order valence-corrected chi connectivity index (χ4v) is 5.18. The summed E-state index contributed by atoms with van der Waals surface area (Å²) in [6.07, 6.45) is 2.20. The van der Waals surface area contributed by atoms with Gasteiger partial charge < -0.3 is 10.1 Å². The number of nitrogens with one attached hydrogen (secondary N) is 1. The van der Waals surface area contributed by atoms with Gasteiger partial charge in [0.2, 0.25) is 5.91 Å². The number of esters is 1. The summed E-state index contributed by atoms with van der Waals surface area (Å²) in [5.74, 6) is -1.85. The second-order valence-corrected chi connectivity index (χ2v) is 12.4. The van der Waals surface area contributed by atoms with Crippen molar-refractivity contribution in [3.05, 3.63) is 77.9 Å². The van der Waals surface area contributed by atoms with E-state index >= 15 is 0 Å². The van der Waals surface area contributed by atoms with Crippen molar-refractivity contribution < 1.29 is 26.9 Å². The number of amides is 1. The average Bonchev–Trinajstić information content (AvgIpc) is 2.88. The number of carbonyl (C=O) groups is 2. The molecule has 0 spiro atoms. The van der Waals surface area contributed by atoms with E-state index in [0.717, 1.165) is 34.7 Å². The Morgan fingerprint density at radius 1 is 0.949 bits per heavy atom. The molecular weight excluding hydrogens is 514 g/mol. The van der Waals surface area contributed by atoms with Gasteiger partial charge in [0.1, 0.15) is 11.6 Å². The minimum absolute atomic E-state index is 0.0204. The maximum absolute atomic E-state index is 13.6. The highest BCUT2D eigenvalue weighted by Crippen LogP contribution is 2.23. The molecule has 3 rings (SSSR count). The number of hydrogen-bond donors (Lipinski definition) is 1. The molecule has 0 heterocycles. The van der Waals surface area contributed by atoms with Crippen LogP contribution >= 0.6 is 0 Å². The Bertz CT molecular complexity index is 1370. The van der Waals surface area contributed by atoms with Crippen molar-refractivity contribution in [2.45, 2.75) is 76.8 Å².